The number of nitrogens with one attached hydrogen (secondary N) is 2. The lowest BCUT2D eigenvalue weighted by molar-refractivity contribution is -0.111. The van der Waals surface area contributed by atoms with Gasteiger partial charge in [-0.2, -0.15) is 0 Å². The topological polar surface area (TPSA) is 104 Å². The summed E-state index contributed by atoms with van der Waals surface area (Å²) in [6.45, 7) is 0.128. The third-order valence-electron chi connectivity index (χ3n) is 4.26. The van der Waals surface area contributed by atoms with Gasteiger partial charge in [0.2, 0.25) is 0 Å². The van der Waals surface area contributed by atoms with Crippen LogP contribution in [-0.2, 0) is 11.3 Å². The molecule has 2 heterocycles. The summed E-state index contributed by atoms with van der Waals surface area (Å²) in [6.07, 6.45) is 8.72. The number of carbonyl (C=O) groups is 2. The summed E-state index contributed by atoms with van der Waals surface area (Å²) in [5, 5.41) is 16.1. The number of carbonyl (C=O) groups excluding carboxylic acids is 1. The molecule has 3 rings (SSSR count). The van der Waals surface area contributed by atoms with Crippen LogP contribution in [-0.4, -0.2) is 27.1 Å². The van der Waals surface area contributed by atoms with Gasteiger partial charge in [-0.15, -0.1) is 11.3 Å². The first-order valence-corrected chi connectivity index (χ1v) is 9.34. The van der Waals surface area contributed by atoms with Crippen LogP contribution in [0.4, 0.5) is 9.93 Å². The highest BCUT2D eigenvalue weighted by Crippen LogP contribution is 2.29. The molecule has 0 unspecified atom stereocenters. The van der Waals surface area contributed by atoms with Crippen molar-refractivity contribution < 1.29 is 14.7 Å². The van der Waals surface area contributed by atoms with Crippen molar-refractivity contribution in [3.05, 3.63) is 47.2 Å². The molecule has 0 saturated heterocycles. The summed E-state index contributed by atoms with van der Waals surface area (Å²) < 4.78 is 0. The number of rotatable bonds is 6. The fourth-order valence-corrected chi connectivity index (χ4v) is 3.49. The molecule has 1 saturated carbocycles. The van der Waals surface area contributed by atoms with E-state index in [0.717, 1.165) is 12.8 Å². The van der Waals surface area contributed by atoms with Gasteiger partial charge in [0.05, 0.1) is 12.2 Å². The van der Waals surface area contributed by atoms with E-state index >= 15 is 0 Å². The molecule has 0 aliphatic heterocycles. The lowest BCUT2D eigenvalue weighted by Gasteiger charge is -2.11. The van der Waals surface area contributed by atoms with E-state index in [0.29, 0.717) is 27.9 Å². The van der Waals surface area contributed by atoms with Crippen LogP contribution in [0.15, 0.2) is 36.0 Å². The van der Waals surface area contributed by atoms with Gasteiger partial charge in [0.15, 0.2) is 5.13 Å². The van der Waals surface area contributed by atoms with Gasteiger partial charge in [-0.25, -0.2) is 9.78 Å². The number of nitrogens with zero attached hydrogens (tertiary/aromatic N) is 2. The van der Waals surface area contributed by atoms with Gasteiger partial charge < -0.3 is 10.4 Å². The second-order valence-electron chi connectivity index (χ2n) is 6.11. The maximum Gasteiger partial charge on any atom is 0.404 e. The molecule has 1 fully saturated rings. The predicted octanol–water partition coefficient (Wildman–Crippen LogP) is 3.52. The van der Waals surface area contributed by atoms with Crippen LogP contribution in [0.25, 0.3) is 5.57 Å². The molecule has 2 aromatic rings. The van der Waals surface area contributed by atoms with E-state index in [-0.39, 0.29) is 12.5 Å². The van der Waals surface area contributed by atoms with Gasteiger partial charge in [-0.1, -0.05) is 25.0 Å². The molecule has 2 amide bonds. The fourth-order valence-electron chi connectivity index (χ4n) is 2.97. The number of aromatic nitrogens is 2. The molecule has 0 bridgehead atoms. The number of amides is 2. The molecule has 0 radical (unpaired) electrons. The average molecular weight is 372 g/mol. The molecule has 7 nitrogen and oxygen atoms in total. The minimum atomic E-state index is -1.10. The number of hydrogen-bond acceptors (Lipinski definition) is 5. The van der Waals surface area contributed by atoms with Crippen molar-refractivity contribution in [3.8, 4) is 0 Å². The van der Waals surface area contributed by atoms with Gasteiger partial charge in [0.1, 0.15) is 0 Å². The van der Waals surface area contributed by atoms with E-state index in [1.165, 1.54) is 24.2 Å². The van der Waals surface area contributed by atoms with Crippen molar-refractivity contribution in [1.29, 1.82) is 0 Å². The quantitative estimate of drug-likeness (QED) is 0.673. The molecule has 8 heteroatoms. The zero-order valence-corrected chi connectivity index (χ0v) is 15.0. The molecular weight excluding hydrogens is 352 g/mol. The van der Waals surface area contributed by atoms with Crippen molar-refractivity contribution in [2.45, 2.75) is 32.2 Å². The molecule has 1 aliphatic rings. The maximum absolute atomic E-state index is 12.8. The highest BCUT2D eigenvalue weighted by atomic mass is 32.1. The third-order valence-corrected chi connectivity index (χ3v) is 4.94. The predicted molar refractivity (Wildman–Crippen MR) is 99.8 cm³/mol. The lowest BCUT2D eigenvalue weighted by Crippen LogP contribution is -2.20. The summed E-state index contributed by atoms with van der Waals surface area (Å²) in [4.78, 5) is 31.7. The first-order chi connectivity index (χ1) is 12.6. The zero-order chi connectivity index (χ0) is 18.4. The Balaban J connectivity index is 1.80. The fraction of sp³-hybridized carbons (Fsp3) is 0.333. The highest BCUT2D eigenvalue weighted by Gasteiger charge is 2.19. The lowest BCUT2D eigenvalue weighted by atomic mass is 9.99. The van der Waals surface area contributed by atoms with Crippen LogP contribution in [0, 0.1) is 5.92 Å². The van der Waals surface area contributed by atoms with Crippen molar-refractivity contribution in [2.75, 3.05) is 5.32 Å². The Bertz CT molecular complexity index is 781. The Morgan fingerprint density at radius 2 is 2.08 bits per heavy atom. The summed E-state index contributed by atoms with van der Waals surface area (Å²) in [7, 11) is 0. The molecule has 3 N–H and O–H groups in total. The van der Waals surface area contributed by atoms with Gasteiger partial charge in [-0.05, 0) is 24.8 Å². The molecule has 26 heavy (non-hydrogen) atoms. The smallest absolute Gasteiger partial charge is 0.404 e. The third kappa shape index (κ3) is 4.89. The standard InChI is InChI=1S/C18H20N4O3S/c23-16(22-17-19-7-8-26-17)15(9-12-3-1-2-4-12)13-5-6-14(20-10-13)11-21-18(24)25/h5-10,12,21H,1-4,11H2,(H,24,25)(H,19,22,23)/b15-9-. The largest absolute Gasteiger partial charge is 0.465 e. The van der Waals surface area contributed by atoms with E-state index in [9.17, 15) is 9.59 Å². The van der Waals surface area contributed by atoms with Crippen molar-refractivity contribution >= 4 is 34.0 Å². The first kappa shape index (κ1) is 18.1. The molecule has 1 aliphatic carbocycles. The Morgan fingerprint density at radius 3 is 2.69 bits per heavy atom. The van der Waals surface area contributed by atoms with Gasteiger partial charge in [0.25, 0.3) is 5.91 Å². The van der Waals surface area contributed by atoms with Crippen LogP contribution in [0.5, 0.6) is 0 Å². The molecule has 0 spiro atoms. The van der Waals surface area contributed by atoms with Crippen LogP contribution >= 0.6 is 11.3 Å². The minimum Gasteiger partial charge on any atom is -0.465 e. The molecule has 0 atom stereocenters. The van der Waals surface area contributed by atoms with Crippen LogP contribution in [0.3, 0.4) is 0 Å². The van der Waals surface area contributed by atoms with Crippen molar-refractivity contribution in [1.82, 2.24) is 15.3 Å². The number of pyridine rings is 1. The Kier molecular flexibility index (Phi) is 5.96. The minimum absolute atomic E-state index is 0.128. The normalized spacial score (nSPS) is 15.0. The van der Waals surface area contributed by atoms with Crippen LogP contribution in [0.2, 0.25) is 0 Å². The van der Waals surface area contributed by atoms with E-state index in [1.54, 1.807) is 24.5 Å². The average Bonchev–Trinajstić information content (AvgIpc) is 3.32. The number of anilines is 1. The summed E-state index contributed by atoms with van der Waals surface area (Å²) in [5.74, 6) is 0.186. The summed E-state index contributed by atoms with van der Waals surface area (Å²) in [6, 6.07) is 3.53. The maximum atomic E-state index is 12.8. The van der Waals surface area contributed by atoms with Gasteiger partial charge in [0, 0.05) is 28.9 Å². The van der Waals surface area contributed by atoms with Crippen LogP contribution < -0.4 is 10.6 Å². The highest BCUT2D eigenvalue weighted by molar-refractivity contribution is 7.13. The molecule has 0 aromatic carbocycles. The Morgan fingerprint density at radius 1 is 1.27 bits per heavy atom. The van der Waals surface area contributed by atoms with E-state index < -0.39 is 6.09 Å². The van der Waals surface area contributed by atoms with Crippen molar-refractivity contribution in [3.63, 3.8) is 0 Å². The second-order valence-corrected chi connectivity index (χ2v) is 7.01. The SMILES string of the molecule is O=C(O)NCc1ccc(/C(=C/C2CCCC2)C(=O)Nc2nccs2)cn1. The van der Waals surface area contributed by atoms with E-state index in [4.69, 9.17) is 5.11 Å². The number of thiazole rings is 1. The first-order valence-electron chi connectivity index (χ1n) is 8.46. The monoisotopic (exact) mass is 372 g/mol. The summed E-state index contributed by atoms with van der Waals surface area (Å²) >= 11 is 1.37. The Labute approximate surface area is 155 Å². The van der Waals surface area contributed by atoms with E-state index in [1.807, 2.05) is 11.5 Å². The van der Waals surface area contributed by atoms with Gasteiger partial charge >= 0.3 is 6.09 Å². The zero-order valence-electron chi connectivity index (χ0n) is 14.1. The molecular formula is C18H20N4O3S. The number of allylic oxidation sites excluding steroid dienone is 1. The van der Waals surface area contributed by atoms with Gasteiger partial charge in [-0.3, -0.25) is 15.1 Å². The summed E-state index contributed by atoms with van der Waals surface area (Å²) in [5.41, 5.74) is 1.89. The molecule has 136 valence electrons. The number of carboxylic acid groups (broad SMARTS) is 1. The Hall–Kier alpha value is -2.74. The number of hydrogen-bond donors (Lipinski definition) is 3. The van der Waals surface area contributed by atoms with Crippen molar-refractivity contribution in [2.24, 2.45) is 5.92 Å². The molecule has 2 aromatic heterocycles. The second kappa shape index (κ2) is 8.57. The van der Waals surface area contributed by atoms with Crippen LogP contribution in [0.1, 0.15) is 36.9 Å². The van der Waals surface area contributed by atoms with E-state index in [2.05, 4.69) is 20.6 Å².